The molecule has 200 valence electrons. The quantitative estimate of drug-likeness (QED) is 0.332. The predicted octanol–water partition coefficient (Wildman–Crippen LogP) is 1.73. The van der Waals surface area contributed by atoms with Crippen LogP contribution in [0, 0.1) is 0 Å². The van der Waals surface area contributed by atoms with Crippen molar-refractivity contribution in [3.8, 4) is 11.4 Å². The van der Waals surface area contributed by atoms with E-state index in [1.54, 1.807) is 11.0 Å². The Morgan fingerprint density at radius 3 is 2.39 bits per heavy atom. The maximum atomic E-state index is 13.5. The van der Waals surface area contributed by atoms with E-state index in [-0.39, 0.29) is 17.7 Å². The lowest BCUT2D eigenvalue weighted by molar-refractivity contribution is -0.132. The smallest absolute Gasteiger partial charge is 0.270 e. The van der Waals surface area contributed by atoms with Crippen molar-refractivity contribution in [3.63, 3.8) is 0 Å². The summed E-state index contributed by atoms with van der Waals surface area (Å²) in [4.78, 5) is 53.8. The third-order valence-corrected chi connectivity index (χ3v) is 7.59. The number of carbonyl (C=O) groups is 3. The number of carbonyl (C=O) groups excluding carboxylic acids is 3. The first kappa shape index (κ1) is 25.7. The molecule has 2 saturated heterocycles. The van der Waals surface area contributed by atoms with Crippen LogP contribution in [0.4, 0.5) is 5.82 Å². The van der Waals surface area contributed by atoms with E-state index < -0.39 is 5.54 Å². The largest absolute Gasteiger partial charge is 0.368 e. The number of nitrogens with zero attached hydrogens (tertiary/aromatic N) is 4. The van der Waals surface area contributed by atoms with Crippen LogP contribution in [0.3, 0.4) is 0 Å². The number of aromatic nitrogens is 3. The molecular formula is C27H34N8O3. The average molecular weight is 519 g/mol. The summed E-state index contributed by atoms with van der Waals surface area (Å²) in [5.41, 5.74) is 7.01. The van der Waals surface area contributed by atoms with Crippen LogP contribution in [-0.2, 0) is 9.59 Å². The van der Waals surface area contributed by atoms with Crippen molar-refractivity contribution in [2.75, 3.05) is 44.6 Å². The number of benzene rings is 1. The predicted molar refractivity (Wildman–Crippen MR) is 144 cm³/mol. The number of amides is 3. The third kappa shape index (κ3) is 5.06. The van der Waals surface area contributed by atoms with Gasteiger partial charge in [0.25, 0.3) is 5.91 Å². The van der Waals surface area contributed by atoms with Crippen LogP contribution in [0.1, 0.15) is 43.1 Å². The number of aromatic amines is 1. The number of nitrogens with one attached hydrogen (secondary N) is 3. The van der Waals surface area contributed by atoms with Gasteiger partial charge in [0.2, 0.25) is 11.8 Å². The molecule has 5 rings (SSSR count). The van der Waals surface area contributed by atoms with E-state index in [2.05, 4.69) is 20.5 Å². The van der Waals surface area contributed by atoms with Gasteiger partial charge in [-0.15, -0.1) is 0 Å². The summed E-state index contributed by atoms with van der Waals surface area (Å²) in [6.45, 7) is 5.03. The van der Waals surface area contributed by atoms with Crippen LogP contribution < -0.4 is 16.4 Å². The molecule has 0 radical (unpaired) electrons. The molecule has 2 aliphatic rings. The summed E-state index contributed by atoms with van der Waals surface area (Å²) in [6.07, 6.45) is 3.20. The van der Waals surface area contributed by atoms with Crippen LogP contribution in [-0.4, -0.2) is 87.3 Å². The summed E-state index contributed by atoms with van der Waals surface area (Å²) < 4.78 is 0. The van der Waals surface area contributed by atoms with Crippen LogP contribution in [0.25, 0.3) is 22.4 Å². The third-order valence-electron chi connectivity index (χ3n) is 7.59. The van der Waals surface area contributed by atoms with E-state index in [0.29, 0.717) is 67.4 Å². The minimum absolute atomic E-state index is 0.106. The summed E-state index contributed by atoms with van der Waals surface area (Å²) >= 11 is 0. The Morgan fingerprint density at radius 1 is 1.03 bits per heavy atom. The van der Waals surface area contributed by atoms with Gasteiger partial charge in [0, 0.05) is 38.7 Å². The average Bonchev–Trinajstić information content (AvgIpc) is 3.62. The first-order valence-electron chi connectivity index (χ1n) is 13.2. The van der Waals surface area contributed by atoms with E-state index >= 15 is 0 Å². The lowest BCUT2D eigenvalue weighted by atomic mass is 9.85. The summed E-state index contributed by atoms with van der Waals surface area (Å²) in [5, 5.41) is 6.72. The topological polar surface area (TPSA) is 149 Å². The van der Waals surface area contributed by atoms with E-state index in [1.165, 1.54) is 6.92 Å². The second-order valence-electron chi connectivity index (χ2n) is 10.00. The monoisotopic (exact) mass is 518 g/mol. The number of rotatable bonds is 8. The summed E-state index contributed by atoms with van der Waals surface area (Å²) in [5.74, 6) is 0.556. The SMILES string of the molecule is CC(=O)NCCNc1nc(-c2ccccc2)nc2[nH]c(C(=O)N3CCC(C(N)=O)(N4CCCC4)CC3)cc12. The Balaban J connectivity index is 1.39. The van der Waals surface area contributed by atoms with Crippen molar-refractivity contribution < 1.29 is 14.4 Å². The highest BCUT2D eigenvalue weighted by Gasteiger charge is 2.46. The van der Waals surface area contributed by atoms with Crippen LogP contribution in [0.15, 0.2) is 36.4 Å². The minimum atomic E-state index is -0.672. The number of fused-ring (bicyclic) bond motifs is 1. The molecule has 3 aromatic rings. The maximum absolute atomic E-state index is 13.5. The normalized spacial score (nSPS) is 17.4. The van der Waals surface area contributed by atoms with Gasteiger partial charge in [-0.1, -0.05) is 30.3 Å². The number of piperidine rings is 1. The van der Waals surface area contributed by atoms with Gasteiger partial charge < -0.3 is 26.3 Å². The highest BCUT2D eigenvalue weighted by molar-refractivity contribution is 6.00. The summed E-state index contributed by atoms with van der Waals surface area (Å²) in [7, 11) is 0. The van der Waals surface area contributed by atoms with Crippen molar-refractivity contribution in [1.29, 1.82) is 0 Å². The molecule has 1 aromatic carbocycles. The van der Waals surface area contributed by atoms with Crippen LogP contribution in [0.2, 0.25) is 0 Å². The molecule has 11 heteroatoms. The van der Waals surface area contributed by atoms with Crippen LogP contribution in [0.5, 0.6) is 0 Å². The number of hydrogen-bond donors (Lipinski definition) is 4. The Kier molecular flexibility index (Phi) is 7.28. The van der Waals surface area contributed by atoms with E-state index in [1.807, 2.05) is 30.3 Å². The Hall–Kier alpha value is -3.99. The van der Waals surface area contributed by atoms with Gasteiger partial charge in [-0.05, 0) is 44.8 Å². The minimum Gasteiger partial charge on any atom is -0.368 e. The van der Waals surface area contributed by atoms with Gasteiger partial charge in [-0.2, -0.15) is 0 Å². The number of primary amides is 1. The number of nitrogens with two attached hydrogens (primary N) is 1. The van der Waals surface area contributed by atoms with Crippen LogP contribution >= 0.6 is 0 Å². The first-order valence-corrected chi connectivity index (χ1v) is 13.2. The number of anilines is 1. The fourth-order valence-corrected chi connectivity index (χ4v) is 5.51. The van der Waals surface area contributed by atoms with Crippen molar-refractivity contribution >= 4 is 34.6 Å². The molecule has 0 spiro atoms. The summed E-state index contributed by atoms with van der Waals surface area (Å²) in [6, 6.07) is 11.4. The maximum Gasteiger partial charge on any atom is 0.270 e. The Bertz CT molecular complexity index is 1320. The molecule has 0 saturated carbocycles. The molecule has 0 unspecified atom stereocenters. The lowest BCUT2D eigenvalue weighted by Gasteiger charge is -2.45. The van der Waals surface area contributed by atoms with E-state index in [9.17, 15) is 14.4 Å². The van der Waals surface area contributed by atoms with Gasteiger partial charge in [0.15, 0.2) is 5.82 Å². The van der Waals surface area contributed by atoms with Gasteiger partial charge >= 0.3 is 0 Å². The molecule has 2 fully saturated rings. The molecule has 2 aromatic heterocycles. The second-order valence-corrected chi connectivity index (χ2v) is 10.00. The zero-order valence-corrected chi connectivity index (χ0v) is 21.6. The number of H-pyrrole nitrogens is 1. The molecule has 0 bridgehead atoms. The van der Waals surface area contributed by atoms with E-state index in [0.717, 1.165) is 31.5 Å². The van der Waals surface area contributed by atoms with Crippen molar-refractivity contribution in [3.05, 3.63) is 42.1 Å². The molecular weight excluding hydrogens is 484 g/mol. The van der Waals surface area contributed by atoms with Crippen molar-refractivity contribution in [1.82, 2.24) is 30.1 Å². The highest BCUT2D eigenvalue weighted by atomic mass is 16.2. The number of likely N-dealkylation sites (tertiary alicyclic amines) is 2. The lowest BCUT2D eigenvalue weighted by Crippen LogP contribution is -2.62. The fraction of sp³-hybridized carbons (Fsp3) is 0.444. The number of hydrogen-bond acceptors (Lipinski definition) is 7. The fourth-order valence-electron chi connectivity index (χ4n) is 5.51. The molecule has 2 aliphatic heterocycles. The molecule has 4 heterocycles. The van der Waals surface area contributed by atoms with Gasteiger partial charge in [-0.25, -0.2) is 9.97 Å². The van der Waals surface area contributed by atoms with Gasteiger partial charge in [0.1, 0.15) is 22.7 Å². The molecule has 5 N–H and O–H groups in total. The highest BCUT2D eigenvalue weighted by Crippen LogP contribution is 2.33. The molecule has 0 atom stereocenters. The van der Waals surface area contributed by atoms with E-state index in [4.69, 9.17) is 15.7 Å². The van der Waals surface area contributed by atoms with Crippen molar-refractivity contribution in [2.45, 2.75) is 38.1 Å². The standard InChI is InChI=1S/C27H34N8O3/c1-18(36)29-11-12-30-23-20-17-21(31-24(20)33-22(32-23)19-7-3-2-4-8-19)25(37)34-15-9-27(10-16-34,26(28)38)35-13-5-6-14-35/h2-4,7-8,17H,5-6,9-16H2,1H3,(H2,28,38)(H,29,36)(H2,30,31,32,33). The van der Waals surface area contributed by atoms with Gasteiger partial charge in [-0.3, -0.25) is 19.3 Å². The second kappa shape index (κ2) is 10.8. The molecule has 38 heavy (non-hydrogen) atoms. The molecule has 3 amide bonds. The Morgan fingerprint density at radius 2 is 1.74 bits per heavy atom. The van der Waals surface area contributed by atoms with Gasteiger partial charge in [0.05, 0.1) is 5.39 Å². The molecule has 0 aliphatic carbocycles. The van der Waals surface area contributed by atoms with Crippen molar-refractivity contribution in [2.24, 2.45) is 5.73 Å². The Labute approximate surface area is 221 Å². The molecule has 11 nitrogen and oxygen atoms in total. The zero-order chi connectivity index (χ0) is 26.7. The zero-order valence-electron chi connectivity index (χ0n) is 21.6. The first-order chi connectivity index (χ1) is 18.4.